The molecule has 0 unspecified atom stereocenters. The average molecular weight is 507 g/mol. The topological polar surface area (TPSA) is 70.8 Å². The summed E-state index contributed by atoms with van der Waals surface area (Å²) < 4.78 is 63.2. The average Bonchev–Trinajstić information content (AvgIpc) is 3.12. The number of amides is 2. The van der Waals surface area contributed by atoms with Gasteiger partial charge in [-0.3, -0.25) is 0 Å². The van der Waals surface area contributed by atoms with Gasteiger partial charge in [-0.1, -0.05) is 6.07 Å². The standard InChI is InChI=1S/C25H26F4N4O3/c1-16-30-15-23(36-16)19-6-5-18(13-22(19)35-2)32-8-3-9-33(11-10-32)24(34)31-14-17-4-7-20(21(26)12-17)25(27,28)29/h4-7,12-13,15H,3,8-11,14H2,1-2H3,(H,31,34). The summed E-state index contributed by atoms with van der Waals surface area (Å²) in [6.07, 6.45) is -2.40. The van der Waals surface area contributed by atoms with Crippen LogP contribution in [0.25, 0.3) is 11.3 Å². The number of benzene rings is 2. The summed E-state index contributed by atoms with van der Waals surface area (Å²) in [4.78, 5) is 20.6. The number of rotatable bonds is 5. The molecule has 4 rings (SSSR count). The first-order valence-corrected chi connectivity index (χ1v) is 11.4. The lowest BCUT2D eigenvalue weighted by Crippen LogP contribution is -2.41. The summed E-state index contributed by atoms with van der Waals surface area (Å²) in [6.45, 7) is 3.94. The number of carbonyl (C=O) groups excluding carboxylic acids is 1. The van der Waals surface area contributed by atoms with Crippen LogP contribution >= 0.6 is 0 Å². The Hall–Kier alpha value is -3.76. The largest absolute Gasteiger partial charge is 0.496 e. The van der Waals surface area contributed by atoms with Crippen LogP contribution in [0.1, 0.15) is 23.4 Å². The van der Waals surface area contributed by atoms with Gasteiger partial charge in [0.1, 0.15) is 11.6 Å². The zero-order valence-electron chi connectivity index (χ0n) is 19.9. The van der Waals surface area contributed by atoms with Gasteiger partial charge in [0.15, 0.2) is 11.7 Å². The van der Waals surface area contributed by atoms with Crippen LogP contribution in [0.5, 0.6) is 5.75 Å². The second kappa shape index (κ2) is 10.5. The monoisotopic (exact) mass is 506 g/mol. The Morgan fingerprint density at radius 3 is 2.61 bits per heavy atom. The summed E-state index contributed by atoms with van der Waals surface area (Å²) >= 11 is 0. The molecule has 192 valence electrons. The molecule has 2 aromatic carbocycles. The molecule has 0 aliphatic carbocycles. The fourth-order valence-electron chi connectivity index (χ4n) is 4.13. The molecule has 0 atom stereocenters. The summed E-state index contributed by atoms with van der Waals surface area (Å²) in [7, 11) is 1.59. The van der Waals surface area contributed by atoms with Crippen molar-refractivity contribution in [1.82, 2.24) is 15.2 Å². The van der Waals surface area contributed by atoms with Crippen LogP contribution < -0.4 is 15.0 Å². The van der Waals surface area contributed by atoms with Crippen molar-refractivity contribution in [3.63, 3.8) is 0 Å². The first-order chi connectivity index (χ1) is 17.2. The predicted octanol–water partition coefficient (Wildman–Crippen LogP) is 5.24. The number of methoxy groups -OCH3 is 1. The molecule has 2 heterocycles. The highest BCUT2D eigenvalue weighted by molar-refractivity contribution is 5.74. The van der Waals surface area contributed by atoms with Gasteiger partial charge in [0, 0.05) is 51.4 Å². The first-order valence-electron chi connectivity index (χ1n) is 11.4. The fourth-order valence-corrected chi connectivity index (χ4v) is 4.13. The van der Waals surface area contributed by atoms with Crippen LogP contribution in [0.4, 0.5) is 28.0 Å². The number of anilines is 1. The molecule has 0 spiro atoms. The van der Waals surface area contributed by atoms with Gasteiger partial charge in [0.25, 0.3) is 0 Å². The lowest BCUT2D eigenvalue weighted by atomic mass is 10.1. The van der Waals surface area contributed by atoms with Crippen molar-refractivity contribution in [1.29, 1.82) is 0 Å². The maximum atomic E-state index is 13.8. The van der Waals surface area contributed by atoms with Gasteiger partial charge >= 0.3 is 12.2 Å². The van der Waals surface area contributed by atoms with E-state index >= 15 is 0 Å². The minimum atomic E-state index is -4.76. The Morgan fingerprint density at radius 2 is 1.94 bits per heavy atom. The van der Waals surface area contributed by atoms with Crippen LogP contribution in [0.3, 0.4) is 0 Å². The number of hydrogen-bond donors (Lipinski definition) is 1. The van der Waals surface area contributed by atoms with Crippen molar-refractivity contribution in [3.8, 4) is 17.1 Å². The van der Waals surface area contributed by atoms with Crippen molar-refractivity contribution >= 4 is 11.7 Å². The second-order valence-corrected chi connectivity index (χ2v) is 8.43. The molecule has 1 aliphatic heterocycles. The third kappa shape index (κ3) is 5.72. The molecule has 3 aromatic rings. The van der Waals surface area contributed by atoms with E-state index in [2.05, 4.69) is 15.2 Å². The van der Waals surface area contributed by atoms with Crippen molar-refractivity contribution in [3.05, 3.63) is 65.4 Å². The van der Waals surface area contributed by atoms with E-state index in [0.29, 0.717) is 49.5 Å². The molecule has 2 amide bonds. The van der Waals surface area contributed by atoms with Crippen molar-refractivity contribution in [2.24, 2.45) is 0 Å². The van der Waals surface area contributed by atoms with Gasteiger partial charge < -0.3 is 24.3 Å². The zero-order valence-corrected chi connectivity index (χ0v) is 19.9. The molecular weight excluding hydrogens is 480 g/mol. The van der Waals surface area contributed by atoms with Crippen LogP contribution in [0.15, 0.2) is 47.0 Å². The van der Waals surface area contributed by atoms with E-state index < -0.39 is 17.6 Å². The number of oxazole rings is 1. The summed E-state index contributed by atoms with van der Waals surface area (Å²) in [5.41, 5.74) is 0.650. The van der Waals surface area contributed by atoms with E-state index in [-0.39, 0.29) is 18.1 Å². The Labute approximate surface area is 205 Å². The lowest BCUT2D eigenvalue weighted by Gasteiger charge is -2.24. The SMILES string of the molecule is COc1cc(N2CCCN(C(=O)NCc3ccc(C(F)(F)F)c(F)c3)CC2)ccc1-c1cnc(C)o1. The zero-order chi connectivity index (χ0) is 25.9. The molecule has 1 fully saturated rings. The molecule has 0 saturated carbocycles. The third-order valence-corrected chi connectivity index (χ3v) is 6.00. The second-order valence-electron chi connectivity index (χ2n) is 8.43. The highest BCUT2D eigenvalue weighted by Gasteiger charge is 2.34. The van der Waals surface area contributed by atoms with Gasteiger partial charge in [-0.15, -0.1) is 0 Å². The molecule has 7 nitrogen and oxygen atoms in total. The highest BCUT2D eigenvalue weighted by atomic mass is 19.4. The minimum Gasteiger partial charge on any atom is -0.496 e. The molecule has 1 aromatic heterocycles. The van der Waals surface area contributed by atoms with Crippen LogP contribution in [0.2, 0.25) is 0 Å². The number of alkyl halides is 3. The van der Waals surface area contributed by atoms with Gasteiger partial charge in [0.05, 0.1) is 24.4 Å². The molecule has 1 N–H and O–H groups in total. The van der Waals surface area contributed by atoms with E-state index in [1.54, 1.807) is 25.1 Å². The fraction of sp³-hybridized carbons (Fsp3) is 0.360. The number of halogens is 4. The summed E-state index contributed by atoms with van der Waals surface area (Å²) in [5.74, 6) is 0.457. The highest BCUT2D eigenvalue weighted by Crippen LogP contribution is 2.34. The Morgan fingerprint density at radius 1 is 1.14 bits per heavy atom. The number of nitrogens with one attached hydrogen (secondary N) is 1. The normalized spacial score (nSPS) is 14.5. The Balaban J connectivity index is 1.36. The van der Waals surface area contributed by atoms with Gasteiger partial charge in [-0.2, -0.15) is 13.2 Å². The van der Waals surface area contributed by atoms with Crippen molar-refractivity contribution < 1.29 is 31.5 Å². The summed E-state index contributed by atoms with van der Waals surface area (Å²) in [5, 5.41) is 2.67. The van der Waals surface area contributed by atoms with E-state index in [9.17, 15) is 22.4 Å². The van der Waals surface area contributed by atoms with E-state index in [1.807, 2.05) is 18.2 Å². The molecular formula is C25H26F4N4O3. The van der Waals surface area contributed by atoms with Gasteiger partial charge in [-0.25, -0.2) is 14.2 Å². The number of nitrogens with zero attached hydrogens (tertiary/aromatic N) is 3. The summed E-state index contributed by atoms with van der Waals surface area (Å²) in [6, 6.07) is 8.08. The van der Waals surface area contributed by atoms with E-state index in [4.69, 9.17) is 9.15 Å². The van der Waals surface area contributed by atoms with E-state index in [1.165, 1.54) is 0 Å². The molecule has 11 heteroatoms. The molecule has 1 saturated heterocycles. The number of aryl methyl sites for hydroxylation is 1. The maximum absolute atomic E-state index is 13.8. The number of hydrogen-bond acceptors (Lipinski definition) is 5. The minimum absolute atomic E-state index is 0.0755. The smallest absolute Gasteiger partial charge is 0.419 e. The lowest BCUT2D eigenvalue weighted by molar-refractivity contribution is -0.140. The molecule has 36 heavy (non-hydrogen) atoms. The number of urea groups is 1. The number of aromatic nitrogens is 1. The quantitative estimate of drug-likeness (QED) is 0.480. The van der Waals surface area contributed by atoms with Crippen molar-refractivity contribution in [2.75, 3.05) is 38.2 Å². The van der Waals surface area contributed by atoms with Crippen molar-refractivity contribution in [2.45, 2.75) is 26.1 Å². The third-order valence-electron chi connectivity index (χ3n) is 6.00. The number of ether oxygens (including phenoxy) is 1. The predicted molar refractivity (Wildman–Crippen MR) is 125 cm³/mol. The van der Waals surface area contributed by atoms with Crippen LogP contribution in [-0.4, -0.2) is 49.2 Å². The van der Waals surface area contributed by atoms with Crippen LogP contribution in [0, 0.1) is 12.7 Å². The molecule has 0 radical (unpaired) electrons. The molecule has 0 bridgehead atoms. The van der Waals surface area contributed by atoms with Crippen LogP contribution in [-0.2, 0) is 12.7 Å². The Bertz CT molecular complexity index is 1230. The molecule has 1 aliphatic rings. The Kier molecular flexibility index (Phi) is 7.37. The van der Waals surface area contributed by atoms with Gasteiger partial charge in [-0.05, 0) is 36.2 Å². The maximum Gasteiger partial charge on any atom is 0.419 e. The first kappa shape index (κ1) is 25.3. The van der Waals surface area contributed by atoms with Gasteiger partial charge in [0.2, 0.25) is 0 Å². The van der Waals surface area contributed by atoms with E-state index in [0.717, 1.165) is 29.9 Å². The number of carbonyl (C=O) groups is 1.